The van der Waals surface area contributed by atoms with Crippen LogP contribution in [0.3, 0.4) is 0 Å². The van der Waals surface area contributed by atoms with E-state index in [9.17, 15) is 4.79 Å². The number of hydrogen-bond donors (Lipinski definition) is 1. The van der Waals surface area contributed by atoms with E-state index in [0.717, 1.165) is 40.4 Å². The largest absolute Gasteiger partial charge is 0.362 e. The highest BCUT2D eigenvalue weighted by Gasteiger charge is 2.26. The molecule has 146 valence electrons. The number of amides is 1. The molecule has 0 fully saturated rings. The summed E-state index contributed by atoms with van der Waals surface area (Å²) in [6.45, 7) is 5.23. The molecule has 8 heteroatoms. The molecule has 1 aliphatic rings. The number of carbonyl (C=O) groups excluding carboxylic acids is 1. The van der Waals surface area contributed by atoms with Crippen LogP contribution in [0.2, 0.25) is 0 Å². The number of hydrogen-bond acceptors (Lipinski definition) is 6. The SMILES string of the molecule is Cc1n[nH]c(C)c1CCC(=O)N1CCc2c(nc(N(C)C)nc2N(C)C)C1. The standard InChI is InChI=1S/C19H29N7O/c1-12-14(13(2)23-22-12)7-8-17(27)26-10-9-15-16(11-26)20-19(25(5)6)21-18(15)24(3)4/h7-11H2,1-6H3,(H,22,23). The molecule has 3 heterocycles. The average molecular weight is 371 g/mol. The third-order valence-corrected chi connectivity index (χ3v) is 5.08. The Labute approximate surface area is 160 Å². The van der Waals surface area contributed by atoms with Crippen LogP contribution in [0.25, 0.3) is 0 Å². The van der Waals surface area contributed by atoms with Gasteiger partial charge in [0.15, 0.2) is 0 Å². The lowest BCUT2D eigenvalue weighted by Crippen LogP contribution is -2.38. The third-order valence-electron chi connectivity index (χ3n) is 5.08. The summed E-state index contributed by atoms with van der Waals surface area (Å²) in [5, 5.41) is 7.20. The molecule has 1 aliphatic heterocycles. The summed E-state index contributed by atoms with van der Waals surface area (Å²) in [7, 11) is 7.86. The number of aryl methyl sites for hydroxylation is 2. The Hall–Kier alpha value is -2.64. The van der Waals surface area contributed by atoms with E-state index in [1.165, 1.54) is 0 Å². The van der Waals surface area contributed by atoms with Crippen molar-refractivity contribution < 1.29 is 4.79 Å². The summed E-state index contributed by atoms with van der Waals surface area (Å²) >= 11 is 0. The molecule has 27 heavy (non-hydrogen) atoms. The van der Waals surface area contributed by atoms with Gasteiger partial charge in [-0.15, -0.1) is 0 Å². The highest BCUT2D eigenvalue weighted by molar-refractivity contribution is 5.77. The van der Waals surface area contributed by atoms with Gasteiger partial charge in [-0.05, 0) is 32.3 Å². The number of aromatic nitrogens is 4. The first-order valence-corrected chi connectivity index (χ1v) is 9.30. The van der Waals surface area contributed by atoms with Crippen molar-refractivity contribution in [3.8, 4) is 0 Å². The van der Waals surface area contributed by atoms with Gasteiger partial charge in [0, 0.05) is 52.4 Å². The zero-order valence-electron chi connectivity index (χ0n) is 17.1. The molecule has 0 aromatic carbocycles. The lowest BCUT2D eigenvalue weighted by molar-refractivity contribution is -0.132. The Morgan fingerprint density at radius 1 is 1.15 bits per heavy atom. The van der Waals surface area contributed by atoms with E-state index in [1.54, 1.807) is 0 Å². The van der Waals surface area contributed by atoms with Crippen LogP contribution in [-0.4, -0.2) is 65.7 Å². The Morgan fingerprint density at radius 2 is 1.89 bits per heavy atom. The van der Waals surface area contributed by atoms with Crippen molar-refractivity contribution in [3.05, 3.63) is 28.2 Å². The molecule has 0 aliphatic carbocycles. The Kier molecular flexibility index (Phi) is 5.34. The second-order valence-electron chi connectivity index (χ2n) is 7.54. The smallest absolute Gasteiger partial charge is 0.227 e. The van der Waals surface area contributed by atoms with Crippen molar-refractivity contribution in [2.45, 2.75) is 39.7 Å². The van der Waals surface area contributed by atoms with Gasteiger partial charge in [0.25, 0.3) is 0 Å². The van der Waals surface area contributed by atoms with Gasteiger partial charge in [-0.2, -0.15) is 10.1 Å². The van der Waals surface area contributed by atoms with Gasteiger partial charge in [-0.3, -0.25) is 9.89 Å². The Morgan fingerprint density at radius 3 is 2.48 bits per heavy atom. The predicted molar refractivity (Wildman–Crippen MR) is 106 cm³/mol. The Balaban J connectivity index is 1.76. The Bertz CT molecular complexity index is 821. The lowest BCUT2D eigenvalue weighted by atomic mass is 10.0. The molecule has 0 unspecified atom stereocenters. The molecule has 0 radical (unpaired) electrons. The molecule has 1 N–H and O–H groups in total. The van der Waals surface area contributed by atoms with Crippen LogP contribution in [0.1, 0.15) is 34.6 Å². The van der Waals surface area contributed by atoms with Crippen LogP contribution in [0.4, 0.5) is 11.8 Å². The summed E-state index contributed by atoms with van der Waals surface area (Å²) in [6, 6.07) is 0. The fourth-order valence-electron chi connectivity index (χ4n) is 3.51. The maximum Gasteiger partial charge on any atom is 0.227 e. The number of fused-ring (bicyclic) bond motifs is 1. The lowest BCUT2D eigenvalue weighted by Gasteiger charge is -2.31. The van der Waals surface area contributed by atoms with E-state index in [0.29, 0.717) is 31.9 Å². The molecule has 8 nitrogen and oxygen atoms in total. The van der Waals surface area contributed by atoms with Gasteiger partial charge in [-0.1, -0.05) is 0 Å². The zero-order valence-corrected chi connectivity index (χ0v) is 17.1. The fourth-order valence-corrected chi connectivity index (χ4v) is 3.51. The molecule has 0 spiro atoms. The molecular formula is C19H29N7O. The number of H-pyrrole nitrogens is 1. The number of rotatable bonds is 5. The van der Waals surface area contributed by atoms with E-state index >= 15 is 0 Å². The van der Waals surface area contributed by atoms with Crippen molar-refractivity contribution in [3.63, 3.8) is 0 Å². The molecule has 0 atom stereocenters. The first kappa shape index (κ1) is 19.1. The summed E-state index contributed by atoms with van der Waals surface area (Å²) in [4.78, 5) is 28.0. The average Bonchev–Trinajstić information content (AvgIpc) is 2.95. The maximum atomic E-state index is 12.8. The predicted octanol–water partition coefficient (Wildman–Crippen LogP) is 1.47. The minimum absolute atomic E-state index is 0.164. The quantitative estimate of drug-likeness (QED) is 0.857. The molecule has 0 bridgehead atoms. The van der Waals surface area contributed by atoms with Crippen molar-refractivity contribution in [2.75, 3.05) is 44.5 Å². The second-order valence-corrected chi connectivity index (χ2v) is 7.54. The number of nitrogens with zero attached hydrogens (tertiary/aromatic N) is 6. The van der Waals surface area contributed by atoms with E-state index in [-0.39, 0.29) is 5.91 Å². The molecule has 3 rings (SSSR count). The van der Waals surface area contributed by atoms with Gasteiger partial charge in [0.1, 0.15) is 5.82 Å². The maximum absolute atomic E-state index is 12.8. The van der Waals surface area contributed by atoms with Crippen LogP contribution < -0.4 is 9.80 Å². The highest BCUT2D eigenvalue weighted by Crippen LogP contribution is 2.27. The molecule has 2 aromatic heterocycles. The molecular weight excluding hydrogens is 342 g/mol. The van der Waals surface area contributed by atoms with E-state index in [2.05, 4.69) is 15.2 Å². The van der Waals surface area contributed by atoms with Crippen molar-refractivity contribution in [2.24, 2.45) is 0 Å². The van der Waals surface area contributed by atoms with Crippen LogP contribution in [0.5, 0.6) is 0 Å². The highest BCUT2D eigenvalue weighted by atomic mass is 16.2. The normalized spacial score (nSPS) is 13.5. The summed E-state index contributed by atoms with van der Waals surface area (Å²) in [5.74, 6) is 1.79. The minimum atomic E-state index is 0.164. The molecule has 1 amide bonds. The topological polar surface area (TPSA) is 81.2 Å². The van der Waals surface area contributed by atoms with Crippen molar-refractivity contribution >= 4 is 17.7 Å². The van der Waals surface area contributed by atoms with Crippen LogP contribution >= 0.6 is 0 Å². The van der Waals surface area contributed by atoms with Crippen LogP contribution in [0, 0.1) is 13.8 Å². The van der Waals surface area contributed by atoms with E-state index in [1.807, 2.05) is 56.7 Å². The summed E-state index contributed by atoms with van der Waals surface area (Å²) in [6.07, 6.45) is 1.99. The molecule has 0 saturated heterocycles. The summed E-state index contributed by atoms with van der Waals surface area (Å²) in [5.41, 5.74) is 5.27. The summed E-state index contributed by atoms with van der Waals surface area (Å²) < 4.78 is 0. The van der Waals surface area contributed by atoms with Gasteiger partial charge < -0.3 is 14.7 Å². The van der Waals surface area contributed by atoms with Gasteiger partial charge in [0.05, 0.1) is 17.9 Å². The van der Waals surface area contributed by atoms with E-state index < -0.39 is 0 Å². The monoisotopic (exact) mass is 371 g/mol. The fraction of sp³-hybridized carbons (Fsp3) is 0.579. The minimum Gasteiger partial charge on any atom is -0.362 e. The van der Waals surface area contributed by atoms with Crippen molar-refractivity contribution in [1.29, 1.82) is 0 Å². The number of aromatic amines is 1. The van der Waals surface area contributed by atoms with Crippen LogP contribution in [-0.2, 0) is 24.2 Å². The molecule has 2 aromatic rings. The van der Waals surface area contributed by atoms with Gasteiger partial charge in [0.2, 0.25) is 11.9 Å². The first-order chi connectivity index (χ1) is 12.8. The van der Waals surface area contributed by atoms with E-state index in [4.69, 9.17) is 4.98 Å². The second kappa shape index (κ2) is 7.54. The third kappa shape index (κ3) is 3.89. The number of carbonyl (C=O) groups is 1. The number of nitrogens with one attached hydrogen (secondary N) is 1. The zero-order chi connectivity index (χ0) is 19.7. The van der Waals surface area contributed by atoms with Gasteiger partial charge >= 0.3 is 0 Å². The van der Waals surface area contributed by atoms with Gasteiger partial charge in [-0.25, -0.2) is 4.98 Å². The number of anilines is 2. The van der Waals surface area contributed by atoms with Crippen LogP contribution in [0.15, 0.2) is 0 Å². The first-order valence-electron chi connectivity index (χ1n) is 9.30. The van der Waals surface area contributed by atoms with Crippen molar-refractivity contribution in [1.82, 2.24) is 25.1 Å². The molecule has 0 saturated carbocycles.